The van der Waals surface area contributed by atoms with Crippen LogP contribution in [-0.4, -0.2) is 41.1 Å². The molecule has 0 fully saturated rings. The van der Waals surface area contributed by atoms with Crippen LogP contribution in [0.2, 0.25) is 0 Å². The van der Waals surface area contributed by atoms with E-state index in [4.69, 9.17) is 4.74 Å². The predicted octanol–water partition coefficient (Wildman–Crippen LogP) is 7.20. The van der Waals surface area contributed by atoms with Crippen molar-refractivity contribution in [2.75, 3.05) is 26.2 Å². The van der Waals surface area contributed by atoms with Gasteiger partial charge in [-0.15, -0.1) is 0 Å². The molecule has 0 saturated carbocycles. The number of ether oxygens (including phenoxy) is 1. The fourth-order valence-electron chi connectivity index (χ4n) is 4.26. The second-order valence-corrected chi connectivity index (χ2v) is 9.39. The summed E-state index contributed by atoms with van der Waals surface area (Å²) in [6.07, 6.45) is 0. The van der Waals surface area contributed by atoms with Crippen LogP contribution in [0.3, 0.4) is 0 Å². The number of hydrogen-bond donors (Lipinski definition) is 2. The maximum absolute atomic E-state index is 6.46. The van der Waals surface area contributed by atoms with Gasteiger partial charge in [0.2, 0.25) is 0 Å². The van der Waals surface area contributed by atoms with Crippen LogP contribution in [-0.2, 0) is 0 Å². The molecule has 2 heterocycles. The van der Waals surface area contributed by atoms with Crippen LogP contribution in [0, 0.1) is 0 Å². The Kier molecular flexibility index (Phi) is 5.25. The second kappa shape index (κ2) is 7.91. The summed E-state index contributed by atoms with van der Waals surface area (Å²) in [7, 11) is 0. The minimum Gasteiger partial charge on any atom is -0.488 e. The molecule has 154 valence electrons. The first kappa shape index (κ1) is 19.9. The van der Waals surface area contributed by atoms with Crippen LogP contribution in [0.25, 0.3) is 43.6 Å². The maximum atomic E-state index is 6.46. The van der Waals surface area contributed by atoms with Gasteiger partial charge in [-0.25, -0.2) is 0 Å². The minimum absolute atomic E-state index is 0.647. The van der Waals surface area contributed by atoms with E-state index in [9.17, 15) is 0 Å². The van der Waals surface area contributed by atoms with Gasteiger partial charge in [-0.3, -0.25) is 0 Å². The molecule has 6 heteroatoms. The van der Waals surface area contributed by atoms with Crippen molar-refractivity contribution in [3.05, 3.63) is 51.4 Å². The fraction of sp³-hybridized carbons (Fsp3) is 0.250. The number of rotatable bonds is 6. The summed E-state index contributed by atoms with van der Waals surface area (Å²) in [5.74, 6) is 0.898. The Morgan fingerprint density at radius 2 is 1.30 bits per heavy atom. The predicted molar refractivity (Wildman–Crippen MR) is 134 cm³/mol. The van der Waals surface area contributed by atoms with E-state index in [1.807, 2.05) is 0 Å². The van der Waals surface area contributed by atoms with Crippen molar-refractivity contribution in [2.45, 2.75) is 13.8 Å². The van der Waals surface area contributed by atoms with Crippen molar-refractivity contribution in [2.24, 2.45) is 0 Å². The summed E-state index contributed by atoms with van der Waals surface area (Å²) in [4.78, 5) is 9.58. The largest absolute Gasteiger partial charge is 0.488 e. The Morgan fingerprint density at radius 1 is 0.767 bits per heavy atom. The molecule has 30 heavy (non-hydrogen) atoms. The quantitative estimate of drug-likeness (QED) is 0.244. The lowest BCUT2D eigenvalue weighted by Crippen LogP contribution is -2.27. The Hall–Kier alpha value is -2.02. The number of fused-ring (bicyclic) bond motifs is 6. The molecule has 0 aliphatic heterocycles. The average Bonchev–Trinajstić information content (AvgIpc) is 3.28. The summed E-state index contributed by atoms with van der Waals surface area (Å²) >= 11 is 7.25. The molecule has 2 N–H and O–H groups in total. The van der Waals surface area contributed by atoms with Crippen molar-refractivity contribution < 1.29 is 4.74 Å². The molecule has 3 aromatic carbocycles. The molecule has 0 saturated heterocycles. The van der Waals surface area contributed by atoms with Gasteiger partial charge in [-0.2, -0.15) is 0 Å². The van der Waals surface area contributed by atoms with E-state index in [0.717, 1.165) is 56.4 Å². The lowest BCUT2D eigenvalue weighted by molar-refractivity contribution is 0.225. The molecule has 5 rings (SSSR count). The van der Waals surface area contributed by atoms with Crippen LogP contribution in [0.1, 0.15) is 13.8 Å². The number of aromatic nitrogens is 2. The third kappa shape index (κ3) is 3.31. The van der Waals surface area contributed by atoms with Crippen molar-refractivity contribution in [3.63, 3.8) is 0 Å². The van der Waals surface area contributed by atoms with Crippen LogP contribution < -0.4 is 4.74 Å². The Balaban J connectivity index is 1.76. The topological polar surface area (TPSA) is 44.0 Å². The summed E-state index contributed by atoms with van der Waals surface area (Å²) < 4.78 is 8.60. The van der Waals surface area contributed by atoms with Gasteiger partial charge in [-0.1, -0.05) is 45.7 Å². The summed E-state index contributed by atoms with van der Waals surface area (Å²) in [6.45, 7) is 7.98. The maximum Gasteiger partial charge on any atom is 0.167 e. The van der Waals surface area contributed by atoms with Gasteiger partial charge >= 0.3 is 0 Å². The molecule has 0 spiro atoms. The Bertz CT molecular complexity index is 1290. The zero-order chi connectivity index (χ0) is 20.8. The van der Waals surface area contributed by atoms with Gasteiger partial charge in [0.05, 0.1) is 11.0 Å². The lowest BCUT2D eigenvalue weighted by atomic mass is 10.1. The number of H-pyrrole nitrogens is 2. The summed E-state index contributed by atoms with van der Waals surface area (Å²) in [5.41, 5.74) is 4.31. The molecule has 4 nitrogen and oxygen atoms in total. The number of likely N-dealkylation sites (N-methyl/N-ethyl adjacent to an activating group) is 1. The van der Waals surface area contributed by atoms with E-state index in [1.54, 1.807) is 0 Å². The van der Waals surface area contributed by atoms with Gasteiger partial charge in [0, 0.05) is 48.1 Å². The van der Waals surface area contributed by atoms with Crippen molar-refractivity contribution in [3.8, 4) is 5.75 Å². The molecular weight excluding hydrogens is 506 g/mol. The normalized spacial score (nSPS) is 12.2. The van der Waals surface area contributed by atoms with Crippen LogP contribution in [0.4, 0.5) is 0 Å². The third-order valence-corrected chi connectivity index (χ3v) is 6.88. The van der Waals surface area contributed by atoms with Crippen molar-refractivity contribution in [1.29, 1.82) is 0 Å². The molecule has 0 unspecified atom stereocenters. The average molecular weight is 529 g/mol. The zero-order valence-electron chi connectivity index (χ0n) is 17.0. The summed E-state index contributed by atoms with van der Waals surface area (Å²) in [6, 6.07) is 15.0. The highest BCUT2D eigenvalue weighted by Gasteiger charge is 2.18. The molecule has 5 aromatic rings. The molecule has 0 aliphatic carbocycles. The highest BCUT2D eigenvalue weighted by molar-refractivity contribution is 9.10. The van der Waals surface area contributed by atoms with Gasteiger partial charge in [0.25, 0.3) is 0 Å². The number of nitrogens with one attached hydrogen (secondary N) is 2. The van der Waals surface area contributed by atoms with E-state index < -0.39 is 0 Å². The number of aromatic amines is 2. The number of hydrogen-bond acceptors (Lipinski definition) is 2. The lowest BCUT2D eigenvalue weighted by Gasteiger charge is -2.18. The van der Waals surface area contributed by atoms with E-state index in [0.29, 0.717) is 6.61 Å². The highest BCUT2D eigenvalue weighted by Crippen LogP contribution is 2.41. The fourth-order valence-corrected chi connectivity index (χ4v) is 4.98. The molecule has 0 atom stereocenters. The van der Waals surface area contributed by atoms with E-state index in [2.05, 4.69) is 103 Å². The second-order valence-electron chi connectivity index (χ2n) is 7.56. The van der Waals surface area contributed by atoms with Crippen molar-refractivity contribution >= 4 is 75.5 Å². The Morgan fingerprint density at radius 3 is 1.80 bits per heavy atom. The summed E-state index contributed by atoms with van der Waals surface area (Å²) in [5, 5.41) is 4.74. The van der Waals surface area contributed by atoms with Crippen LogP contribution >= 0.6 is 31.9 Å². The Labute approximate surface area is 191 Å². The molecular formula is C24H23Br2N3O. The number of nitrogens with zero attached hydrogens (tertiary/aromatic N) is 1. The first-order valence-electron chi connectivity index (χ1n) is 10.3. The van der Waals surface area contributed by atoms with Gasteiger partial charge in [-0.05, 0) is 55.6 Å². The number of halogens is 2. The minimum atomic E-state index is 0.647. The van der Waals surface area contributed by atoms with Crippen molar-refractivity contribution in [1.82, 2.24) is 14.9 Å². The third-order valence-electron chi connectivity index (χ3n) is 5.89. The zero-order valence-corrected chi connectivity index (χ0v) is 20.2. The van der Waals surface area contributed by atoms with E-state index in [-0.39, 0.29) is 0 Å². The highest BCUT2D eigenvalue weighted by atomic mass is 79.9. The molecule has 0 bridgehead atoms. The van der Waals surface area contributed by atoms with Gasteiger partial charge in [0.15, 0.2) is 5.75 Å². The number of benzene rings is 3. The van der Waals surface area contributed by atoms with E-state index >= 15 is 0 Å². The monoisotopic (exact) mass is 527 g/mol. The SMILES string of the molecule is CCN(CC)CCOc1c2[nH]c3ccc(Br)cc3c2cc2c1[nH]c1ccc(Br)cc12. The molecule has 0 amide bonds. The first-order valence-corrected chi connectivity index (χ1v) is 11.9. The smallest absolute Gasteiger partial charge is 0.167 e. The van der Waals surface area contributed by atoms with E-state index in [1.165, 1.54) is 21.5 Å². The van der Waals surface area contributed by atoms with Crippen LogP contribution in [0.5, 0.6) is 5.75 Å². The first-order chi connectivity index (χ1) is 14.6. The van der Waals surface area contributed by atoms with Gasteiger partial charge < -0.3 is 19.6 Å². The molecule has 0 aliphatic rings. The molecule has 0 radical (unpaired) electrons. The molecule has 2 aromatic heterocycles. The van der Waals surface area contributed by atoms with Gasteiger partial charge in [0.1, 0.15) is 6.61 Å². The standard InChI is InChI=1S/C24H23Br2N3O/c1-3-29(4-2)9-10-30-24-22-18(16-11-14(25)5-7-20(16)27-22)13-19-17-12-15(26)6-8-21(17)28-23(19)24/h5-8,11-13,27-28H,3-4,9-10H2,1-2H3. The van der Waals surface area contributed by atoms with Crippen LogP contribution in [0.15, 0.2) is 51.4 Å².